The minimum Gasteiger partial charge on any atom is -0.478 e. The first-order valence-electron chi connectivity index (χ1n) is 7.95. The quantitative estimate of drug-likeness (QED) is 0.760. The molecule has 0 radical (unpaired) electrons. The van der Waals surface area contributed by atoms with Crippen molar-refractivity contribution in [3.8, 4) is 17.1 Å². The number of benzene rings is 1. The highest BCUT2D eigenvalue weighted by Crippen LogP contribution is 2.46. The molecule has 2 aromatic rings. The van der Waals surface area contributed by atoms with E-state index >= 15 is 0 Å². The van der Waals surface area contributed by atoms with Gasteiger partial charge in [-0.05, 0) is 31.2 Å². The van der Waals surface area contributed by atoms with Gasteiger partial charge in [0, 0.05) is 18.5 Å². The van der Waals surface area contributed by atoms with Gasteiger partial charge >= 0.3 is 6.18 Å². The Kier molecular flexibility index (Phi) is 4.57. The maximum Gasteiger partial charge on any atom is 0.437 e. The first kappa shape index (κ1) is 18.7. The topological polar surface area (TPSA) is 118 Å². The van der Waals surface area contributed by atoms with E-state index in [4.69, 9.17) is 4.74 Å². The molecular formula is C15H16F3N7O2. The first-order chi connectivity index (χ1) is 12.6. The van der Waals surface area contributed by atoms with Gasteiger partial charge in [0.2, 0.25) is 5.82 Å². The second-order valence-electron chi connectivity index (χ2n) is 6.40. The minimum atomic E-state index is -4.56. The van der Waals surface area contributed by atoms with Crippen molar-refractivity contribution in [3.63, 3.8) is 0 Å². The largest absolute Gasteiger partial charge is 0.478 e. The van der Waals surface area contributed by atoms with Gasteiger partial charge < -0.3 is 10.1 Å². The van der Waals surface area contributed by atoms with Crippen LogP contribution in [0, 0.1) is 0 Å². The fourth-order valence-corrected chi connectivity index (χ4v) is 2.30. The molecule has 12 heteroatoms. The van der Waals surface area contributed by atoms with Gasteiger partial charge in [-0.2, -0.15) is 18.4 Å². The standard InChI is InChI=1S/C15H16F3N7O2/c1-13(2,12(26)19-7-6-14(22-23-14)15(16,17)18)27-10-5-3-4-9(8-10)11-20-24-25-21-11/h3-5,8H,6-7H2,1-2H3,(H,19,26)(H,20,21,24,25). The minimum absolute atomic E-state index is 0.235. The van der Waals surface area contributed by atoms with Crippen LogP contribution in [0.4, 0.5) is 13.2 Å². The summed E-state index contributed by atoms with van der Waals surface area (Å²) in [6.45, 7) is 2.78. The predicted molar refractivity (Wildman–Crippen MR) is 85.6 cm³/mol. The van der Waals surface area contributed by atoms with Crippen LogP contribution >= 0.6 is 0 Å². The van der Waals surface area contributed by atoms with E-state index in [0.29, 0.717) is 17.1 Å². The monoisotopic (exact) mass is 383 g/mol. The van der Waals surface area contributed by atoms with Gasteiger partial charge in [-0.25, -0.2) is 0 Å². The van der Waals surface area contributed by atoms with E-state index in [-0.39, 0.29) is 6.54 Å². The molecule has 1 aliphatic heterocycles. The number of nitrogens with one attached hydrogen (secondary N) is 2. The van der Waals surface area contributed by atoms with Crippen molar-refractivity contribution in [1.29, 1.82) is 0 Å². The molecule has 2 heterocycles. The zero-order valence-electron chi connectivity index (χ0n) is 14.4. The van der Waals surface area contributed by atoms with Crippen LogP contribution in [0.2, 0.25) is 0 Å². The number of aromatic amines is 1. The van der Waals surface area contributed by atoms with Crippen LogP contribution < -0.4 is 10.1 Å². The Morgan fingerprint density at radius 2 is 2.04 bits per heavy atom. The summed E-state index contributed by atoms with van der Waals surface area (Å²) in [6, 6.07) is 6.70. The van der Waals surface area contributed by atoms with Crippen molar-refractivity contribution >= 4 is 5.91 Å². The molecule has 0 saturated carbocycles. The Balaban J connectivity index is 1.58. The zero-order valence-corrected chi connectivity index (χ0v) is 14.4. The van der Waals surface area contributed by atoms with Gasteiger partial charge in [0.25, 0.3) is 11.6 Å². The molecule has 0 unspecified atom stereocenters. The van der Waals surface area contributed by atoms with E-state index in [1.165, 1.54) is 13.8 Å². The third-order valence-corrected chi connectivity index (χ3v) is 3.91. The normalized spacial score (nSPS) is 15.4. The highest BCUT2D eigenvalue weighted by Gasteiger charge is 2.63. The highest BCUT2D eigenvalue weighted by atomic mass is 19.4. The molecular weight excluding hydrogens is 367 g/mol. The van der Waals surface area contributed by atoms with E-state index in [9.17, 15) is 18.0 Å². The molecule has 0 fully saturated rings. The Morgan fingerprint density at radius 3 is 2.63 bits per heavy atom. The van der Waals surface area contributed by atoms with Crippen molar-refractivity contribution in [2.75, 3.05) is 6.54 Å². The van der Waals surface area contributed by atoms with E-state index in [2.05, 4.69) is 36.2 Å². The van der Waals surface area contributed by atoms with E-state index in [1.54, 1.807) is 24.3 Å². The van der Waals surface area contributed by atoms with E-state index in [0.717, 1.165) is 0 Å². The van der Waals surface area contributed by atoms with Crippen LogP contribution in [0.5, 0.6) is 5.75 Å². The molecule has 27 heavy (non-hydrogen) atoms. The summed E-state index contributed by atoms with van der Waals surface area (Å²) in [4.78, 5) is 12.3. The summed E-state index contributed by atoms with van der Waals surface area (Å²) in [5.74, 6) is 0.166. The van der Waals surface area contributed by atoms with Crippen molar-refractivity contribution in [3.05, 3.63) is 24.3 Å². The second-order valence-corrected chi connectivity index (χ2v) is 6.40. The average Bonchev–Trinajstić information content (AvgIpc) is 3.19. The summed E-state index contributed by atoms with van der Waals surface area (Å²) >= 11 is 0. The smallest absolute Gasteiger partial charge is 0.437 e. The first-order valence-corrected chi connectivity index (χ1v) is 7.95. The van der Waals surface area contributed by atoms with Crippen LogP contribution in [0.15, 0.2) is 34.5 Å². The Morgan fingerprint density at radius 1 is 1.30 bits per heavy atom. The maximum absolute atomic E-state index is 12.8. The van der Waals surface area contributed by atoms with Crippen LogP contribution in [0.1, 0.15) is 20.3 Å². The number of carbonyl (C=O) groups excluding carboxylic acids is 1. The number of H-pyrrole nitrogens is 1. The lowest BCUT2D eigenvalue weighted by molar-refractivity contribution is -0.165. The average molecular weight is 383 g/mol. The molecule has 1 aromatic carbocycles. The molecule has 1 aromatic heterocycles. The number of nitrogens with zero attached hydrogens (tertiary/aromatic N) is 5. The van der Waals surface area contributed by atoms with Crippen LogP contribution in [-0.4, -0.2) is 50.5 Å². The molecule has 1 amide bonds. The molecule has 1 aliphatic rings. The highest BCUT2D eigenvalue weighted by molar-refractivity contribution is 5.84. The molecule has 144 valence electrons. The summed E-state index contributed by atoms with van der Waals surface area (Å²) in [5.41, 5.74) is -3.08. The van der Waals surface area contributed by atoms with Crippen LogP contribution in [0.25, 0.3) is 11.4 Å². The van der Waals surface area contributed by atoms with Gasteiger partial charge in [0.15, 0.2) is 5.60 Å². The van der Waals surface area contributed by atoms with E-state index < -0.39 is 29.8 Å². The molecule has 3 rings (SSSR count). The summed E-state index contributed by atoms with van der Waals surface area (Å²) < 4.78 is 44.0. The van der Waals surface area contributed by atoms with Crippen molar-refractivity contribution in [2.24, 2.45) is 10.2 Å². The number of rotatable bonds is 7. The lowest BCUT2D eigenvalue weighted by Gasteiger charge is -2.26. The fourth-order valence-electron chi connectivity index (χ4n) is 2.30. The third kappa shape index (κ3) is 4.04. The zero-order chi connectivity index (χ0) is 19.7. The molecule has 0 spiro atoms. The summed E-state index contributed by atoms with van der Waals surface area (Å²) in [6.07, 6.45) is -5.01. The SMILES string of the molecule is CC(C)(Oc1cccc(-c2nn[nH]n2)c1)C(=O)NCCC1(C(F)(F)F)N=N1. The van der Waals surface area contributed by atoms with Crippen molar-refractivity contribution in [1.82, 2.24) is 25.9 Å². The van der Waals surface area contributed by atoms with Crippen molar-refractivity contribution in [2.45, 2.75) is 37.7 Å². The molecule has 2 N–H and O–H groups in total. The Bertz CT molecular complexity index is 843. The van der Waals surface area contributed by atoms with Gasteiger partial charge in [0.05, 0.1) is 0 Å². The van der Waals surface area contributed by atoms with Gasteiger partial charge in [-0.3, -0.25) is 4.79 Å². The van der Waals surface area contributed by atoms with Gasteiger partial charge in [-0.1, -0.05) is 12.1 Å². The number of hydrogen-bond donors (Lipinski definition) is 2. The lowest BCUT2D eigenvalue weighted by atomic mass is 10.1. The number of amides is 1. The Hall–Kier alpha value is -3.05. The van der Waals surface area contributed by atoms with Gasteiger partial charge in [0.1, 0.15) is 5.75 Å². The number of tetrazole rings is 1. The van der Waals surface area contributed by atoms with Gasteiger partial charge in [-0.15, -0.1) is 20.4 Å². The predicted octanol–water partition coefficient (Wildman–Crippen LogP) is 2.25. The number of ether oxygens (including phenoxy) is 1. The number of carbonyl (C=O) groups is 1. The third-order valence-electron chi connectivity index (χ3n) is 3.91. The molecule has 0 bridgehead atoms. The van der Waals surface area contributed by atoms with Crippen LogP contribution in [0.3, 0.4) is 0 Å². The molecule has 0 atom stereocenters. The molecule has 9 nitrogen and oxygen atoms in total. The molecule has 0 saturated heterocycles. The lowest BCUT2D eigenvalue weighted by Crippen LogP contribution is -2.48. The summed E-state index contributed by atoms with van der Waals surface area (Å²) in [7, 11) is 0. The summed E-state index contributed by atoms with van der Waals surface area (Å²) in [5, 5.41) is 22.1. The fraction of sp³-hybridized carbons (Fsp3) is 0.467. The number of alkyl halides is 3. The van der Waals surface area contributed by atoms with Crippen LogP contribution in [-0.2, 0) is 4.79 Å². The van der Waals surface area contributed by atoms with Crippen molar-refractivity contribution < 1.29 is 22.7 Å². The number of halogens is 3. The number of hydrogen-bond acceptors (Lipinski definition) is 7. The Labute approximate surface area is 151 Å². The van der Waals surface area contributed by atoms with E-state index in [1.807, 2.05) is 0 Å². The second kappa shape index (κ2) is 6.59. The maximum atomic E-state index is 12.8. The number of aromatic nitrogens is 4. The molecule has 0 aliphatic carbocycles.